The maximum Gasteiger partial charge on any atom is 0.0645 e. The first kappa shape index (κ1) is 11.5. The van der Waals surface area contributed by atoms with E-state index in [1.807, 2.05) is 29.1 Å². The molecule has 1 fully saturated rings. The molecule has 2 aromatic rings. The summed E-state index contributed by atoms with van der Waals surface area (Å²) in [4.78, 5) is 0. The molecule has 1 aromatic heterocycles. The van der Waals surface area contributed by atoms with Crippen LogP contribution in [0.5, 0.6) is 0 Å². The van der Waals surface area contributed by atoms with E-state index in [1.54, 1.807) is 0 Å². The van der Waals surface area contributed by atoms with Crippen molar-refractivity contribution < 1.29 is 0 Å². The Bertz CT molecular complexity index is 556. The standard InChI is InChI=1S/C15H19N3/c1-14(2)10-15(14,11-16)12-8-17-18(9-12)13-6-4-3-5-7-13/h3-9H,10-11,16H2,1-2H3. The largest absolute Gasteiger partial charge is 0.330 e. The summed E-state index contributed by atoms with van der Waals surface area (Å²) in [7, 11) is 0. The number of benzene rings is 1. The van der Waals surface area contributed by atoms with Gasteiger partial charge in [0.05, 0.1) is 11.9 Å². The highest BCUT2D eigenvalue weighted by atomic mass is 15.3. The lowest BCUT2D eigenvalue weighted by atomic mass is 9.90. The zero-order chi connectivity index (χ0) is 12.8. The Balaban J connectivity index is 1.96. The topological polar surface area (TPSA) is 43.8 Å². The monoisotopic (exact) mass is 241 g/mol. The van der Waals surface area contributed by atoms with E-state index in [4.69, 9.17) is 5.73 Å². The molecule has 2 N–H and O–H groups in total. The molecule has 1 aliphatic carbocycles. The summed E-state index contributed by atoms with van der Waals surface area (Å²) in [6, 6.07) is 10.2. The predicted molar refractivity (Wildman–Crippen MR) is 72.7 cm³/mol. The molecular formula is C15H19N3. The van der Waals surface area contributed by atoms with Gasteiger partial charge in [-0.15, -0.1) is 0 Å². The molecule has 0 spiro atoms. The van der Waals surface area contributed by atoms with Crippen LogP contribution >= 0.6 is 0 Å². The molecule has 1 saturated carbocycles. The molecule has 3 rings (SSSR count). The van der Waals surface area contributed by atoms with E-state index in [2.05, 4.69) is 37.3 Å². The molecule has 1 heterocycles. The molecule has 0 radical (unpaired) electrons. The van der Waals surface area contributed by atoms with Crippen LogP contribution in [0.15, 0.2) is 42.7 Å². The Morgan fingerprint density at radius 1 is 1.28 bits per heavy atom. The summed E-state index contributed by atoms with van der Waals surface area (Å²) >= 11 is 0. The van der Waals surface area contributed by atoms with Gasteiger partial charge in [-0.2, -0.15) is 5.10 Å². The van der Waals surface area contributed by atoms with Gasteiger partial charge in [-0.05, 0) is 29.5 Å². The Morgan fingerprint density at radius 3 is 2.50 bits per heavy atom. The van der Waals surface area contributed by atoms with E-state index in [-0.39, 0.29) is 5.41 Å². The van der Waals surface area contributed by atoms with E-state index in [0.29, 0.717) is 12.0 Å². The third-order valence-corrected chi connectivity index (χ3v) is 4.42. The van der Waals surface area contributed by atoms with Crippen LogP contribution in [0.4, 0.5) is 0 Å². The third-order valence-electron chi connectivity index (χ3n) is 4.42. The normalized spacial score (nSPS) is 25.1. The molecule has 94 valence electrons. The molecule has 0 aliphatic heterocycles. The molecule has 0 saturated heterocycles. The van der Waals surface area contributed by atoms with Crippen molar-refractivity contribution in [2.24, 2.45) is 11.1 Å². The third kappa shape index (κ3) is 1.51. The summed E-state index contributed by atoms with van der Waals surface area (Å²) in [5.74, 6) is 0. The van der Waals surface area contributed by atoms with Crippen LogP contribution in [0.2, 0.25) is 0 Å². The molecule has 1 aliphatic rings. The first-order valence-corrected chi connectivity index (χ1v) is 6.40. The fraction of sp³-hybridized carbons (Fsp3) is 0.400. The zero-order valence-corrected chi connectivity index (χ0v) is 10.9. The van der Waals surface area contributed by atoms with Crippen molar-refractivity contribution in [1.82, 2.24) is 9.78 Å². The van der Waals surface area contributed by atoms with E-state index in [1.165, 1.54) is 5.56 Å². The van der Waals surface area contributed by atoms with Crippen molar-refractivity contribution >= 4 is 0 Å². The number of aromatic nitrogens is 2. The van der Waals surface area contributed by atoms with Gasteiger partial charge < -0.3 is 5.73 Å². The lowest BCUT2D eigenvalue weighted by Gasteiger charge is -2.16. The van der Waals surface area contributed by atoms with Crippen molar-refractivity contribution in [3.05, 3.63) is 48.3 Å². The highest BCUT2D eigenvalue weighted by molar-refractivity contribution is 5.38. The van der Waals surface area contributed by atoms with Gasteiger partial charge >= 0.3 is 0 Å². The van der Waals surface area contributed by atoms with Crippen molar-refractivity contribution in [3.63, 3.8) is 0 Å². The predicted octanol–water partition coefficient (Wildman–Crippen LogP) is 2.50. The number of para-hydroxylation sites is 1. The SMILES string of the molecule is CC1(C)CC1(CN)c1cnn(-c2ccccc2)c1. The van der Waals surface area contributed by atoms with Gasteiger partial charge in [0, 0.05) is 18.2 Å². The Morgan fingerprint density at radius 2 is 1.94 bits per heavy atom. The van der Waals surface area contributed by atoms with Gasteiger partial charge in [-0.3, -0.25) is 0 Å². The minimum atomic E-state index is 0.125. The number of rotatable bonds is 3. The summed E-state index contributed by atoms with van der Waals surface area (Å²) in [6.45, 7) is 5.25. The second-order valence-corrected chi connectivity index (χ2v) is 5.86. The molecule has 1 aromatic carbocycles. The highest BCUT2D eigenvalue weighted by Gasteiger charge is 2.61. The van der Waals surface area contributed by atoms with Crippen LogP contribution in [0.3, 0.4) is 0 Å². The molecular weight excluding hydrogens is 222 g/mol. The number of hydrogen-bond donors (Lipinski definition) is 1. The van der Waals surface area contributed by atoms with E-state index in [0.717, 1.165) is 12.1 Å². The number of nitrogens with zero attached hydrogens (tertiary/aromatic N) is 2. The second kappa shape index (κ2) is 3.69. The smallest absolute Gasteiger partial charge is 0.0645 e. The highest BCUT2D eigenvalue weighted by Crippen LogP contribution is 2.63. The summed E-state index contributed by atoms with van der Waals surface area (Å²) in [5, 5.41) is 4.47. The molecule has 1 unspecified atom stereocenters. The fourth-order valence-corrected chi connectivity index (χ4v) is 2.96. The quantitative estimate of drug-likeness (QED) is 0.897. The molecule has 18 heavy (non-hydrogen) atoms. The van der Waals surface area contributed by atoms with Gasteiger partial charge in [0.1, 0.15) is 0 Å². The zero-order valence-electron chi connectivity index (χ0n) is 10.9. The van der Waals surface area contributed by atoms with Crippen LogP contribution in [-0.2, 0) is 5.41 Å². The maximum atomic E-state index is 5.99. The van der Waals surface area contributed by atoms with Crippen LogP contribution < -0.4 is 5.73 Å². The second-order valence-electron chi connectivity index (χ2n) is 5.86. The van der Waals surface area contributed by atoms with Gasteiger partial charge in [0.25, 0.3) is 0 Å². The van der Waals surface area contributed by atoms with Crippen LogP contribution in [0.1, 0.15) is 25.8 Å². The molecule has 3 heteroatoms. The average Bonchev–Trinajstić information content (AvgIpc) is 2.78. The van der Waals surface area contributed by atoms with Gasteiger partial charge in [0.15, 0.2) is 0 Å². The van der Waals surface area contributed by atoms with Crippen LogP contribution in [0, 0.1) is 5.41 Å². The Labute approximate surface area is 108 Å². The summed E-state index contributed by atoms with van der Waals surface area (Å²) in [5.41, 5.74) is 8.77. The first-order valence-electron chi connectivity index (χ1n) is 6.40. The van der Waals surface area contributed by atoms with Crippen molar-refractivity contribution in [1.29, 1.82) is 0 Å². The van der Waals surface area contributed by atoms with Gasteiger partial charge in [-0.25, -0.2) is 4.68 Å². The maximum absolute atomic E-state index is 5.99. The summed E-state index contributed by atoms with van der Waals surface area (Å²) in [6.07, 6.45) is 5.24. The molecule has 3 nitrogen and oxygen atoms in total. The van der Waals surface area contributed by atoms with E-state index >= 15 is 0 Å². The minimum Gasteiger partial charge on any atom is -0.330 e. The minimum absolute atomic E-state index is 0.125. The van der Waals surface area contributed by atoms with Gasteiger partial charge in [0.2, 0.25) is 0 Å². The van der Waals surface area contributed by atoms with Gasteiger partial charge in [-0.1, -0.05) is 32.0 Å². The molecule has 0 amide bonds. The van der Waals surface area contributed by atoms with E-state index in [9.17, 15) is 0 Å². The summed E-state index contributed by atoms with van der Waals surface area (Å²) < 4.78 is 1.93. The lowest BCUT2D eigenvalue weighted by Crippen LogP contribution is -2.24. The Hall–Kier alpha value is -1.61. The first-order chi connectivity index (χ1) is 8.59. The molecule has 1 atom stereocenters. The van der Waals surface area contributed by atoms with E-state index < -0.39 is 0 Å². The Kier molecular flexibility index (Phi) is 2.35. The number of nitrogens with two attached hydrogens (primary N) is 1. The average molecular weight is 241 g/mol. The molecule has 0 bridgehead atoms. The fourth-order valence-electron chi connectivity index (χ4n) is 2.96. The van der Waals surface area contributed by atoms with Crippen molar-refractivity contribution in [3.8, 4) is 5.69 Å². The lowest BCUT2D eigenvalue weighted by molar-refractivity contribution is 0.503. The van der Waals surface area contributed by atoms with Crippen molar-refractivity contribution in [2.45, 2.75) is 25.7 Å². The van der Waals surface area contributed by atoms with Crippen LogP contribution in [0.25, 0.3) is 5.69 Å². The number of hydrogen-bond acceptors (Lipinski definition) is 2. The van der Waals surface area contributed by atoms with Crippen molar-refractivity contribution in [2.75, 3.05) is 6.54 Å². The van der Waals surface area contributed by atoms with Crippen LogP contribution in [-0.4, -0.2) is 16.3 Å².